The van der Waals surface area contributed by atoms with Crippen LogP contribution in [0.4, 0.5) is 4.39 Å². The fourth-order valence-electron chi connectivity index (χ4n) is 3.54. The quantitative estimate of drug-likeness (QED) is 0.219. The zero-order valence-electron chi connectivity index (χ0n) is 19.0. The number of rotatable bonds is 6. The van der Waals surface area contributed by atoms with Crippen LogP contribution in [0.1, 0.15) is 37.4 Å². The molecule has 0 saturated carbocycles. The van der Waals surface area contributed by atoms with Crippen LogP contribution < -0.4 is 69.3 Å². The third-order valence-electron chi connectivity index (χ3n) is 4.77. The third-order valence-corrected chi connectivity index (χ3v) is 6.13. The van der Waals surface area contributed by atoms with Gasteiger partial charge in [-0.25, -0.2) is 4.39 Å². The van der Waals surface area contributed by atoms with E-state index >= 15 is 0 Å². The van der Waals surface area contributed by atoms with Gasteiger partial charge in [0.25, 0.3) is 7.37 Å². The fraction of sp³-hybridized carbons (Fsp3) is 0.261. The van der Waals surface area contributed by atoms with E-state index in [2.05, 4.69) is 11.6 Å². The molecule has 3 rings (SSSR count). The first-order valence-electron chi connectivity index (χ1n) is 9.69. The van der Waals surface area contributed by atoms with Gasteiger partial charge in [0.1, 0.15) is 11.5 Å². The first-order valence-corrected chi connectivity index (χ1v) is 11.5. The van der Waals surface area contributed by atoms with Crippen LogP contribution in [0.25, 0.3) is 16.6 Å². The SMILES string of the molecule is CC(C)c1c(C#CP(=O)(O)C[C@@H]([O-])CC(=O)[O-])n(-c2ccc(F)cc2)c2ccccc12.[Na+].[Na+]. The number of benzene rings is 2. The Morgan fingerprint density at radius 3 is 2.33 bits per heavy atom. The van der Waals surface area contributed by atoms with Crippen molar-refractivity contribution in [3.05, 3.63) is 65.6 Å². The van der Waals surface area contributed by atoms with Crippen LogP contribution >= 0.6 is 7.37 Å². The Bertz CT molecular complexity index is 1230. The molecule has 1 aromatic heterocycles. The van der Waals surface area contributed by atoms with Crippen molar-refractivity contribution in [2.45, 2.75) is 32.3 Å². The standard InChI is InChI=1S/C23H22FNO5P.2Na/c1-15(2)23-19-5-3-4-6-20(19)25(17-9-7-16(24)8-10-17)21(23)11-12-31(29,30)14-18(26)13-22(27)28;;/h3-10,15,18H,13-14H2,1-2H3,(H,27,28)(H,29,30);;/q-1;2*+1/p-1/t18-;;/m0../s1. The van der Waals surface area contributed by atoms with Crippen molar-refractivity contribution in [3.63, 3.8) is 0 Å². The molecule has 0 bridgehead atoms. The molecule has 1 unspecified atom stereocenters. The Morgan fingerprint density at radius 2 is 1.76 bits per heavy atom. The fourth-order valence-corrected chi connectivity index (χ4v) is 4.60. The molecule has 0 saturated heterocycles. The zero-order valence-corrected chi connectivity index (χ0v) is 23.9. The van der Waals surface area contributed by atoms with Gasteiger partial charge in [0.15, 0.2) is 0 Å². The smallest absolute Gasteiger partial charge is 0.851 e. The molecule has 0 fully saturated rings. The average molecular weight is 487 g/mol. The van der Waals surface area contributed by atoms with Crippen molar-refractivity contribution in [1.29, 1.82) is 0 Å². The summed E-state index contributed by atoms with van der Waals surface area (Å²) in [6.45, 7) is 3.93. The number of carboxylic acid groups (broad SMARTS) is 1. The molecule has 1 N–H and O–H groups in total. The molecule has 33 heavy (non-hydrogen) atoms. The van der Waals surface area contributed by atoms with Crippen molar-refractivity contribution in [3.8, 4) is 17.3 Å². The summed E-state index contributed by atoms with van der Waals surface area (Å²) in [5.41, 5.74) is 5.04. The molecule has 2 aromatic carbocycles. The second kappa shape index (κ2) is 12.7. The number of hydrogen-bond donors (Lipinski definition) is 1. The Balaban J connectivity index is 0.00000272. The Morgan fingerprint density at radius 1 is 1.15 bits per heavy atom. The van der Waals surface area contributed by atoms with Crippen molar-refractivity contribution in [2.24, 2.45) is 0 Å². The molecule has 0 radical (unpaired) electrons. The number of carbonyl (C=O) groups excluding carboxylic acids is 1. The number of aliphatic carboxylic acids is 1. The minimum absolute atomic E-state index is 0. The molecule has 0 aliphatic rings. The first kappa shape index (κ1) is 30.1. The summed E-state index contributed by atoms with van der Waals surface area (Å²) in [6.07, 6.45) is -3.44. The summed E-state index contributed by atoms with van der Waals surface area (Å²) < 4.78 is 27.7. The van der Waals surface area contributed by atoms with Gasteiger partial charge in [0.05, 0.1) is 5.52 Å². The molecule has 6 nitrogen and oxygen atoms in total. The summed E-state index contributed by atoms with van der Waals surface area (Å²) >= 11 is 0. The van der Waals surface area contributed by atoms with Gasteiger partial charge in [-0.05, 0) is 59.8 Å². The minimum Gasteiger partial charge on any atom is -0.851 e. The maximum Gasteiger partial charge on any atom is 1.00 e. The van der Waals surface area contributed by atoms with E-state index in [0.29, 0.717) is 11.4 Å². The van der Waals surface area contributed by atoms with Gasteiger partial charge in [0.2, 0.25) is 0 Å². The van der Waals surface area contributed by atoms with E-state index < -0.39 is 37.8 Å². The summed E-state index contributed by atoms with van der Waals surface area (Å²) in [7, 11) is -4.22. The van der Waals surface area contributed by atoms with Crippen LogP contribution in [-0.2, 0) is 9.36 Å². The van der Waals surface area contributed by atoms with Crippen LogP contribution in [0.3, 0.4) is 0 Å². The number of aromatic nitrogens is 1. The summed E-state index contributed by atoms with van der Waals surface area (Å²) in [4.78, 5) is 20.7. The number of fused-ring (bicyclic) bond motifs is 1. The first-order chi connectivity index (χ1) is 14.6. The maximum atomic E-state index is 13.5. The molecule has 162 valence electrons. The van der Waals surface area contributed by atoms with E-state index in [9.17, 15) is 28.9 Å². The van der Waals surface area contributed by atoms with E-state index in [1.807, 2.05) is 38.1 Å². The largest absolute Gasteiger partial charge is 1.00 e. The third kappa shape index (κ3) is 7.53. The van der Waals surface area contributed by atoms with Gasteiger partial charge in [-0.1, -0.05) is 32.0 Å². The van der Waals surface area contributed by atoms with Crippen LogP contribution in [0.2, 0.25) is 0 Å². The molecule has 0 spiro atoms. The number of hydrogen-bond acceptors (Lipinski definition) is 4. The molecule has 0 aliphatic carbocycles. The second-order valence-electron chi connectivity index (χ2n) is 7.57. The second-order valence-corrected chi connectivity index (χ2v) is 9.56. The Labute approximate surface area is 236 Å². The minimum atomic E-state index is -4.22. The summed E-state index contributed by atoms with van der Waals surface area (Å²) in [5, 5.41) is 23.2. The zero-order chi connectivity index (χ0) is 22.8. The predicted molar refractivity (Wildman–Crippen MR) is 112 cm³/mol. The maximum absolute atomic E-state index is 13.5. The van der Waals surface area contributed by atoms with Gasteiger partial charge in [-0.3, -0.25) is 4.57 Å². The normalized spacial score (nSPS) is 13.3. The molecular formula is C23H21FNNa2O5P. The van der Waals surface area contributed by atoms with Crippen molar-refractivity contribution in [2.75, 3.05) is 6.16 Å². The molecule has 3 aromatic rings. The van der Waals surface area contributed by atoms with Gasteiger partial charge in [-0.15, -0.1) is 6.10 Å². The van der Waals surface area contributed by atoms with E-state index in [-0.39, 0.29) is 65.0 Å². The predicted octanol–water partition coefficient (Wildman–Crippen LogP) is -3.65. The van der Waals surface area contributed by atoms with E-state index in [1.165, 1.54) is 12.1 Å². The molecule has 0 aliphatic heterocycles. The molecule has 2 atom stereocenters. The Kier molecular flexibility index (Phi) is 11.6. The van der Waals surface area contributed by atoms with E-state index in [4.69, 9.17) is 0 Å². The average Bonchev–Trinajstić information content (AvgIpc) is 3.00. The number of halogens is 1. The molecule has 10 heteroatoms. The van der Waals surface area contributed by atoms with Crippen molar-refractivity contribution < 1.29 is 88.0 Å². The molecular weight excluding hydrogens is 466 g/mol. The van der Waals surface area contributed by atoms with E-state index in [1.54, 1.807) is 16.7 Å². The topological polar surface area (TPSA) is 105 Å². The van der Waals surface area contributed by atoms with Gasteiger partial charge < -0.3 is 24.5 Å². The van der Waals surface area contributed by atoms with E-state index in [0.717, 1.165) is 16.5 Å². The summed E-state index contributed by atoms with van der Waals surface area (Å²) in [5.74, 6) is 0.808. The number of carbonyl (C=O) groups is 1. The Hall–Kier alpha value is -0.910. The monoisotopic (exact) mass is 487 g/mol. The number of carboxylic acids is 1. The number of nitrogens with zero attached hydrogens (tertiary/aromatic N) is 1. The van der Waals surface area contributed by atoms with Crippen LogP contribution in [0.5, 0.6) is 0 Å². The molecule has 1 heterocycles. The molecule has 0 amide bonds. The number of para-hydroxylation sites is 1. The van der Waals surface area contributed by atoms with Crippen molar-refractivity contribution in [1.82, 2.24) is 4.57 Å². The summed E-state index contributed by atoms with van der Waals surface area (Å²) in [6, 6.07) is 13.3. The van der Waals surface area contributed by atoms with Gasteiger partial charge >= 0.3 is 59.1 Å². The van der Waals surface area contributed by atoms with Crippen molar-refractivity contribution >= 4 is 24.2 Å². The van der Waals surface area contributed by atoms with Gasteiger partial charge in [0, 0.05) is 23.2 Å². The van der Waals surface area contributed by atoms with Crippen LogP contribution in [0.15, 0.2) is 48.5 Å². The van der Waals surface area contributed by atoms with Crippen LogP contribution in [-0.4, -0.2) is 27.7 Å². The van der Waals surface area contributed by atoms with Gasteiger partial charge in [-0.2, -0.15) is 0 Å². The van der Waals surface area contributed by atoms with Crippen LogP contribution in [0, 0.1) is 17.4 Å².